The van der Waals surface area contributed by atoms with E-state index >= 15 is 0 Å². The van der Waals surface area contributed by atoms with Crippen LogP contribution in [0.4, 0.5) is 5.69 Å². The first-order valence-corrected chi connectivity index (χ1v) is 3.88. The van der Waals surface area contributed by atoms with E-state index in [4.69, 9.17) is 4.74 Å². The molecule has 0 atom stereocenters. The number of rotatable bonds is 3. The fourth-order valence-electron chi connectivity index (χ4n) is 0.801. The summed E-state index contributed by atoms with van der Waals surface area (Å²) in [5, 5.41) is 7.85. The molecule has 3 nitrogen and oxygen atoms in total. The number of ether oxygens (including phenoxy) is 1. The first kappa shape index (κ1) is 8.71. The van der Waals surface area contributed by atoms with Crippen LogP contribution in [0.3, 0.4) is 0 Å². The number of hydrogen-bond acceptors (Lipinski definition) is 3. The van der Waals surface area contributed by atoms with Crippen LogP contribution in [0, 0.1) is 0 Å². The highest BCUT2D eigenvalue weighted by molar-refractivity contribution is 5.40. The lowest BCUT2D eigenvalue weighted by atomic mass is 10.3. The number of hydrogen-bond donors (Lipinski definition) is 0. The summed E-state index contributed by atoms with van der Waals surface area (Å²) in [6, 6.07) is 7.48. The van der Waals surface area contributed by atoms with Crippen molar-refractivity contribution in [2.75, 3.05) is 13.7 Å². The van der Waals surface area contributed by atoms with E-state index in [0.29, 0.717) is 6.54 Å². The zero-order chi connectivity index (χ0) is 8.81. The third-order valence-corrected chi connectivity index (χ3v) is 1.40. The van der Waals surface area contributed by atoms with Crippen molar-refractivity contribution in [2.45, 2.75) is 6.92 Å². The molecule has 1 aromatic carbocycles. The normalized spacial score (nSPS) is 10.5. The van der Waals surface area contributed by atoms with Crippen LogP contribution in [0.25, 0.3) is 0 Å². The molecular formula is C9H12N2O. The summed E-state index contributed by atoms with van der Waals surface area (Å²) in [5.41, 5.74) is 0.859. The molecule has 0 aromatic heterocycles. The van der Waals surface area contributed by atoms with Gasteiger partial charge in [0.15, 0.2) is 0 Å². The minimum atomic E-state index is 0.714. The van der Waals surface area contributed by atoms with Gasteiger partial charge in [-0.05, 0) is 31.2 Å². The molecule has 0 saturated carbocycles. The highest BCUT2D eigenvalue weighted by atomic mass is 16.5. The van der Waals surface area contributed by atoms with Gasteiger partial charge in [0.2, 0.25) is 0 Å². The molecular weight excluding hydrogens is 152 g/mol. The molecule has 0 fully saturated rings. The van der Waals surface area contributed by atoms with Crippen LogP contribution in [-0.4, -0.2) is 13.7 Å². The standard InChI is InChI=1S/C9H12N2O/c1-3-10-11-8-4-6-9(12-2)7-5-8/h4-7H,3H2,1-2H3. The molecule has 1 rings (SSSR count). The lowest BCUT2D eigenvalue weighted by Crippen LogP contribution is -1.79. The number of benzene rings is 1. The van der Waals surface area contributed by atoms with Gasteiger partial charge >= 0.3 is 0 Å². The van der Waals surface area contributed by atoms with Crippen molar-refractivity contribution in [1.82, 2.24) is 0 Å². The Labute approximate surface area is 72.1 Å². The van der Waals surface area contributed by atoms with Crippen molar-refractivity contribution in [1.29, 1.82) is 0 Å². The lowest BCUT2D eigenvalue weighted by molar-refractivity contribution is 0.415. The van der Waals surface area contributed by atoms with E-state index in [-0.39, 0.29) is 0 Å². The number of nitrogens with zero attached hydrogens (tertiary/aromatic N) is 2. The highest BCUT2D eigenvalue weighted by Gasteiger charge is 1.90. The van der Waals surface area contributed by atoms with E-state index in [2.05, 4.69) is 10.2 Å². The minimum Gasteiger partial charge on any atom is -0.497 e. The molecule has 0 saturated heterocycles. The van der Waals surface area contributed by atoms with Crippen LogP contribution in [0.15, 0.2) is 34.5 Å². The molecule has 0 radical (unpaired) electrons. The van der Waals surface area contributed by atoms with Gasteiger partial charge in [0.05, 0.1) is 19.3 Å². The second-order valence-corrected chi connectivity index (χ2v) is 2.26. The van der Waals surface area contributed by atoms with E-state index in [1.54, 1.807) is 7.11 Å². The second kappa shape index (κ2) is 4.49. The molecule has 64 valence electrons. The molecule has 12 heavy (non-hydrogen) atoms. The summed E-state index contributed by atoms with van der Waals surface area (Å²) < 4.78 is 5.00. The second-order valence-electron chi connectivity index (χ2n) is 2.26. The first-order valence-electron chi connectivity index (χ1n) is 3.88. The maximum Gasteiger partial charge on any atom is 0.119 e. The molecule has 0 heterocycles. The van der Waals surface area contributed by atoms with Crippen LogP contribution < -0.4 is 4.74 Å². The Morgan fingerprint density at radius 1 is 1.25 bits per heavy atom. The van der Waals surface area contributed by atoms with Gasteiger partial charge < -0.3 is 4.74 Å². The third kappa shape index (κ3) is 2.34. The van der Waals surface area contributed by atoms with Gasteiger partial charge in [-0.2, -0.15) is 10.2 Å². The summed E-state index contributed by atoms with van der Waals surface area (Å²) in [6.45, 7) is 2.67. The Bertz CT molecular complexity index is 254. The fourth-order valence-corrected chi connectivity index (χ4v) is 0.801. The van der Waals surface area contributed by atoms with E-state index in [1.807, 2.05) is 31.2 Å². The SMILES string of the molecule is CCN=Nc1ccc(OC)cc1. The monoisotopic (exact) mass is 164 g/mol. The maximum atomic E-state index is 5.00. The van der Waals surface area contributed by atoms with E-state index in [0.717, 1.165) is 11.4 Å². The molecule has 1 aromatic rings. The van der Waals surface area contributed by atoms with Gasteiger partial charge in [-0.1, -0.05) is 0 Å². The molecule has 0 unspecified atom stereocenters. The van der Waals surface area contributed by atoms with Gasteiger partial charge in [-0.3, -0.25) is 0 Å². The van der Waals surface area contributed by atoms with Gasteiger partial charge in [-0.15, -0.1) is 0 Å². The maximum absolute atomic E-state index is 5.00. The molecule has 0 bridgehead atoms. The Balaban J connectivity index is 2.71. The fraction of sp³-hybridized carbons (Fsp3) is 0.333. The average Bonchev–Trinajstić information content (AvgIpc) is 2.15. The van der Waals surface area contributed by atoms with Gasteiger partial charge in [0, 0.05) is 0 Å². The zero-order valence-electron chi connectivity index (χ0n) is 7.32. The average molecular weight is 164 g/mol. The molecule has 0 amide bonds. The molecule has 0 aliphatic heterocycles. The number of azo groups is 1. The minimum absolute atomic E-state index is 0.714. The zero-order valence-corrected chi connectivity index (χ0v) is 7.32. The van der Waals surface area contributed by atoms with Crippen LogP contribution in [0.2, 0.25) is 0 Å². The summed E-state index contributed by atoms with van der Waals surface area (Å²) in [6.07, 6.45) is 0. The lowest BCUT2D eigenvalue weighted by Gasteiger charge is -1.97. The predicted octanol–water partition coefficient (Wildman–Crippen LogP) is 2.80. The Morgan fingerprint density at radius 3 is 2.42 bits per heavy atom. The quantitative estimate of drug-likeness (QED) is 0.632. The van der Waals surface area contributed by atoms with Crippen molar-refractivity contribution in [3.63, 3.8) is 0 Å². The largest absolute Gasteiger partial charge is 0.497 e. The van der Waals surface area contributed by atoms with Crippen molar-refractivity contribution in [3.8, 4) is 5.75 Å². The summed E-state index contributed by atoms with van der Waals surface area (Å²) >= 11 is 0. The third-order valence-electron chi connectivity index (χ3n) is 1.40. The summed E-state index contributed by atoms with van der Waals surface area (Å²) in [7, 11) is 1.64. The van der Waals surface area contributed by atoms with Crippen LogP contribution in [0.5, 0.6) is 5.75 Å². The van der Waals surface area contributed by atoms with Crippen LogP contribution >= 0.6 is 0 Å². The Kier molecular flexibility index (Phi) is 3.26. The highest BCUT2D eigenvalue weighted by Crippen LogP contribution is 2.17. The van der Waals surface area contributed by atoms with Crippen molar-refractivity contribution in [2.24, 2.45) is 10.2 Å². The van der Waals surface area contributed by atoms with Crippen LogP contribution in [-0.2, 0) is 0 Å². The van der Waals surface area contributed by atoms with Gasteiger partial charge in [0.25, 0.3) is 0 Å². The Morgan fingerprint density at radius 2 is 1.92 bits per heavy atom. The molecule has 0 aliphatic carbocycles. The number of methoxy groups -OCH3 is 1. The smallest absolute Gasteiger partial charge is 0.119 e. The Hall–Kier alpha value is -1.38. The van der Waals surface area contributed by atoms with Crippen molar-refractivity contribution in [3.05, 3.63) is 24.3 Å². The molecule has 0 N–H and O–H groups in total. The molecule has 0 spiro atoms. The summed E-state index contributed by atoms with van der Waals surface area (Å²) in [5.74, 6) is 0.838. The van der Waals surface area contributed by atoms with E-state index in [1.165, 1.54) is 0 Å². The van der Waals surface area contributed by atoms with E-state index in [9.17, 15) is 0 Å². The molecule has 3 heteroatoms. The topological polar surface area (TPSA) is 34.0 Å². The first-order chi connectivity index (χ1) is 5.86. The van der Waals surface area contributed by atoms with Gasteiger partial charge in [0.1, 0.15) is 5.75 Å². The summed E-state index contributed by atoms with van der Waals surface area (Å²) in [4.78, 5) is 0. The van der Waals surface area contributed by atoms with Crippen molar-refractivity contribution >= 4 is 5.69 Å². The molecule has 0 aliphatic rings. The van der Waals surface area contributed by atoms with Crippen molar-refractivity contribution < 1.29 is 4.74 Å². The van der Waals surface area contributed by atoms with Gasteiger partial charge in [-0.25, -0.2) is 0 Å². The predicted molar refractivity (Wildman–Crippen MR) is 48.1 cm³/mol. The van der Waals surface area contributed by atoms with E-state index < -0.39 is 0 Å². The van der Waals surface area contributed by atoms with Crippen LogP contribution in [0.1, 0.15) is 6.92 Å².